The molecular weight excluding hydrogens is 260 g/mol. The molecule has 15 heavy (non-hydrogen) atoms. The Morgan fingerprint density at radius 2 is 2.20 bits per heavy atom. The lowest BCUT2D eigenvalue weighted by Gasteiger charge is -2.14. The summed E-state index contributed by atoms with van der Waals surface area (Å²) in [7, 11) is 0. The zero-order chi connectivity index (χ0) is 10.8. The summed E-state index contributed by atoms with van der Waals surface area (Å²) in [6, 6.07) is 0. The summed E-state index contributed by atoms with van der Waals surface area (Å²) < 4.78 is 0.844. The quantitative estimate of drug-likeness (QED) is 0.852. The van der Waals surface area contributed by atoms with Gasteiger partial charge in [0.05, 0.1) is 10.4 Å². The van der Waals surface area contributed by atoms with E-state index in [4.69, 9.17) is 5.73 Å². The summed E-state index contributed by atoms with van der Waals surface area (Å²) in [6.45, 7) is 1.41. The molecule has 1 fully saturated rings. The van der Waals surface area contributed by atoms with E-state index in [0.29, 0.717) is 12.5 Å². The van der Waals surface area contributed by atoms with Gasteiger partial charge in [-0.25, -0.2) is 9.97 Å². The first kappa shape index (κ1) is 10.4. The first-order valence-electron chi connectivity index (χ1n) is 4.68. The zero-order valence-electron chi connectivity index (χ0n) is 8.06. The van der Waals surface area contributed by atoms with Gasteiger partial charge in [0.1, 0.15) is 0 Å². The summed E-state index contributed by atoms with van der Waals surface area (Å²) >= 11 is 3.27. The predicted molar refractivity (Wildman–Crippen MR) is 59.2 cm³/mol. The van der Waals surface area contributed by atoms with Crippen molar-refractivity contribution in [3.63, 3.8) is 0 Å². The SMILES string of the molecule is NC(=O)C1CCN(c2ncc(Br)cn2)C1. The highest BCUT2D eigenvalue weighted by molar-refractivity contribution is 9.10. The fourth-order valence-electron chi connectivity index (χ4n) is 1.64. The van der Waals surface area contributed by atoms with Crippen LogP contribution in [0.4, 0.5) is 5.95 Å². The van der Waals surface area contributed by atoms with Gasteiger partial charge in [-0.05, 0) is 22.4 Å². The van der Waals surface area contributed by atoms with Gasteiger partial charge >= 0.3 is 0 Å². The molecule has 1 aliphatic heterocycles. The summed E-state index contributed by atoms with van der Waals surface area (Å²) in [6.07, 6.45) is 4.18. The number of halogens is 1. The van der Waals surface area contributed by atoms with Gasteiger partial charge < -0.3 is 10.6 Å². The maximum Gasteiger partial charge on any atom is 0.225 e. The lowest BCUT2D eigenvalue weighted by Crippen LogP contribution is -2.28. The molecule has 1 aliphatic rings. The summed E-state index contributed by atoms with van der Waals surface area (Å²) in [4.78, 5) is 21.3. The van der Waals surface area contributed by atoms with Crippen molar-refractivity contribution in [2.75, 3.05) is 18.0 Å². The maximum atomic E-state index is 11.0. The van der Waals surface area contributed by atoms with E-state index in [9.17, 15) is 4.79 Å². The molecule has 5 nitrogen and oxygen atoms in total. The van der Waals surface area contributed by atoms with E-state index < -0.39 is 0 Å². The highest BCUT2D eigenvalue weighted by Gasteiger charge is 2.27. The first-order chi connectivity index (χ1) is 7.16. The molecule has 0 bridgehead atoms. The van der Waals surface area contributed by atoms with E-state index in [1.54, 1.807) is 12.4 Å². The van der Waals surface area contributed by atoms with Crippen LogP contribution < -0.4 is 10.6 Å². The summed E-state index contributed by atoms with van der Waals surface area (Å²) in [5.41, 5.74) is 5.25. The molecule has 2 heterocycles. The Labute approximate surface area is 95.8 Å². The number of carbonyl (C=O) groups is 1. The van der Waals surface area contributed by atoms with E-state index in [0.717, 1.165) is 17.4 Å². The highest BCUT2D eigenvalue weighted by Crippen LogP contribution is 2.20. The average molecular weight is 271 g/mol. The van der Waals surface area contributed by atoms with Gasteiger partial charge in [0.2, 0.25) is 11.9 Å². The van der Waals surface area contributed by atoms with E-state index in [2.05, 4.69) is 25.9 Å². The molecule has 0 aromatic carbocycles. The van der Waals surface area contributed by atoms with Gasteiger partial charge in [0.15, 0.2) is 0 Å². The van der Waals surface area contributed by atoms with Gasteiger partial charge in [-0.3, -0.25) is 4.79 Å². The van der Waals surface area contributed by atoms with Crippen LogP contribution in [0.25, 0.3) is 0 Å². The number of primary amides is 1. The fraction of sp³-hybridized carbons (Fsp3) is 0.444. The minimum absolute atomic E-state index is 0.0720. The monoisotopic (exact) mass is 270 g/mol. The van der Waals surface area contributed by atoms with Crippen molar-refractivity contribution in [3.8, 4) is 0 Å². The van der Waals surface area contributed by atoms with Crippen LogP contribution in [0.3, 0.4) is 0 Å². The average Bonchev–Trinajstić information content (AvgIpc) is 2.68. The van der Waals surface area contributed by atoms with E-state index in [1.807, 2.05) is 4.90 Å². The van der Waals surface area contributed by atoms with E-state index >= 15 is 0 Å². The Morgan fingerprint density at radius 3 is 2.73 bits per heavy atom. The Hall–Kier alpha value is -1.17. The van der Waals surface area contributed by atoms with Crippen molar-refractivity contribution in [3.05, 3.63) is 16.9 Å². The Kier molecular flexibility index (Phi) is 2.86. The van der Waals surface area contributed by atoms with Gasteiger partial charge in [-0.15, -0.1) is 0 Å². The molecule has 2 N–H and O–H groups in total. The van der Waals surface area contributed by atoms with Crippen LogP contribution in [0.5, 0.6) is 0 Å². The number of hydrogen-bond donors (Lipinski definition) is 1. The van der Waals surface area contributed by atoms with Crippen molar-refractivity contribution in [1.29, 1.82) is 0 Å². The summed E-state index contributed by atoms with van der Waals surface area (Å²) in [5.74, 6) is 0.341. The maximum absolute atomic E-state index is 11.0. The Balaban J connectivity index is 2.07. The molecule has 0 radical (unpaired) electrons. The van der Waals surface area contributed by atoms with Crippen LogP contribution >= 0.6 is 15.9 Å². The van der Waals surface area contributed by atoms with Gasteiger partial charge in [0, 0.05) is 25.5 Å². The normalized spacial score (nSPS) is 20.6. The lowest BCUT2D eigenvalue weighted by molar-refractivity contribution is -0.121. The molecule has 0 saturated carbocycles. The second-order valence-electron chi connectivity index (χ2n) is 3.54. The predicted octanol–water partition coefficient (Wildman–Crippen LogP) is 0.551. The highest BCUT2D eigenvalue weighted by atomic mass is 79.9. The minimum atomic E-state index is -0.241. The number of amides is 1. The van der Waals surface area contributed by atoms with E-state index in [-0.39, 0.29) is 11.8 Å². The Bertz CT molecular complexity index is 367. The van der Waals surface area contributed by atoms with Crippen LogP contribution in [0.1, 0.15) is 6.42 Å². The molecule has 0 aliphatic carbocycles. The van der Waals surface area contributed by atoms with Crippen LogP contribution in [0, 0.1) is 5.92 Å². The number of nitrogens with zero attached hydrogens (tertiary/aromatic N) is 3. The van der Waals surface area contributed by atoms with Gasteiger partial charge in [-0.1, -0.05) is 0 Å². The van der Waals surface area contributed by atoms with Crippen LogP contribution in [-0.2, 0) is 4.79 Å². The Morgan fingerprint density at radius 1 is 1.53 bits per heavy atom. The standard InChI is InChI=1S/C9H11BrN4O/c10-7-3-12-9(13-4-7)14-2-1-6(5-14)8(11)15/h3-4,6H,1-2,5H2,(H2,11,15). The van der Waals surface area contributed by atoms with Crippen molar-refractivity contribution in [2.24, 2.45) is 11.7 Å². The van der Waals surface area contributed by atoms with Crippen LogP contribution in [0.2, 0.25) is 0 Å². The van der Waals surface area contributed by atoms with E-state index in [1.165, 1.54) is 0 Å². The number of anilines is 1. The third-order valence-corrected chi connectivity index (χ3v) is 2.89. The molecule has 1 aromatic heterocycles. The zero-order valence-corrected chi connectivity index (χ0v) is 9.64. The molecule has 1 saturated heterocycles. The fourth-order valence-corrected chi connectivity index (χ4v) is 1.85. The molecule has 0 spiro atoms. The number of aromatic nitrogens is 2. The molecule has 2 rings (SSSR count). The third-order valence-electron chi connectivity index (χ3n) is 2.48. The number of carbonyl (C=O) groups excluding carboxylic acids is 1. The second kappa shape index (κ2) is 4.14. The van der Waals surface area contributed by atoms with Crippen LogP contribution in [0.15, 0.2) is 16.9 Å². The van der Waals surface area contributed by atoms with Crippen molar-refractivity contribution >= 4 is 27.8 Å². The second-order valence-corrected chi connectivity index (χ2v) is 4.45. The van der Waals surface area contributed by atoms with Crippen LogP contribution in [-0.4, -0.2) is 29.0 Å². The number of hydrogen-bond acceptors (Lipinski definition) is 4. The topological polar surface area (TPSA) is 72.1 Å². The van der Waals surface area contributed by atoms with Gasteiger partial charge in [-0.2, -0.15) is 0 Å². The van der Waals surface area contributed by atoms with Gasteiger partial charge in [0.25, 0.3) is 0 Å². The smallest absolute Gasteiger partial charge is 0.225 e. The van der Waals surface area contributed by atoms with Crippen molar-refractivity contribution in [1.82, 2.24) is 9.97 Å². The molecule has 1 atom stereocenters. The first-order valence-corrected chi connectivity index (χ1v) is 5.48. The molecular formula is C9H11BrN4O. The molecule has 6 heteroatoms. The number of rotatable bonds is 2. The lowest BCUT2D eigenvalue weighted by atomic mass is 10.1. The molecule has 1 unspecified atom stereocenters. The minimum Gasteiger partial charge on any atom is -0.369 e. The third kappa shape index (κ3) is 2.26. The summed E-state index contributed by atoms with van der Waals surface area (Å²) in [5, 5.41) is 0. The van der Waals surface area contributed by atoms with Crippen molar-refractivity contribution in [2.45, 2.75) is 6.42 Å². The number of nitrogens with two attached hydrogens (primary N) is 1. The molecule has 1 aromatic rings. The van der Waals surface area contributed by atoms with Crippen molar-refractivity contribution < 1.29 is 4.79 Å². The molecule has 80 valence electrons. The largest absolute Gasteiger partial charge is 0.369 e. The molecule has 1 amide bonds.